The number of sulfonamides is 1. The standard InChI is InChI=1S/C17H19ClN2O3S/c1-3-12(2)20-24(22,23)16-9-7-13(8-10-16)17(21)19-15-6-4-5-14(18)11-15/h4-12,20H,3H2,1-2H3,(H,19,21)/t12-/m1/s1. The summed E-state index contributed by atoms with van der Waals surface area (Å²) in [6.45, 7) is 3.70. The fraction of sp³-hybridized carbons (Fsp3) is 0.235. The highest BCUT2D eigenvalue weighted by Gasteiger charge is 2.17. The van der Waals surface area contributed by atoms with Gasteiger partial charge in [-0.05, 0) is 55.8 Å². The minimum Gasteiger partial charge on any atom is -0.322 e. The molecule has 2 N–H and O–H groups in total. The highest BCUT2D eigenvalue weighted by Crippen LogP contribution is 2.17. The van der Waals surface area contributed by atoms with Crippen LogP contribution in [0.5, 0.6) is 0 Å². The maximum absolute atomic E-state index is 12.2. The van der Waals surface area contributed by atoms with Crippen molar-refractivity contribution in [3.05, 3.63) is 59.1 Å². The Labute approximate surface area is 147 Å². The number of amides is 1. The van der Waals surface area contributed by atoms with E-state index in [2.05, 4.69) is 10.0 Å². The minimum absolute atomic E-state index is 0.127. The van der Waals surface area contributed by atoms with Gasteiger partial charge in [-0.2, -0.15) is 0 Å². The molecule has 5 nitrogen and oxygen atoms in total. The van der Waals surface area contributed by atoms with Gasteiger partial charge in [0.15, 0.2) is 0 Å². The molecule has 0 fully saturated rings. The van der Waals surface area contributed by atoms with Crippen molar-refractivity contribution >= 4 is 33.2 Å². The second kappa shape index (κ2) is 7.79. The summed E-state index contributed by atoms with van der Waals surface area (Å²) < 4.78 is 26.9. The number of hydrogen-bond acceptors (Lipinski definition) is 3. The molecule has 2 rings (SSSR count). The van der Waals surface area contributed by atoms with Crippen LogP contribution in [0.2, 0.25) is 5.02 Å². The Morgan fingerprint density at radius 3 is 2.42 bits per heavy atom. The Morgan fingerprint density at radius 2 is 1.83 bits per heavy atom. The fourth-order valence-corrected chi connectivity index (χ4v) is 3.49. The molecule has 0 unspecified atom stereocenters. The zero-order valence-electron chi connectivity index (χ0n) is 13.4. The summed E-state index contributed by atoms with van der Waals surface area (Å²) in [5.74, 6) is -0.337. The molecule has 1 amide bonds. The molecule has 0 aliphatic rings. The molecule has 0 aliphatic carbocycles. The second-order valence-electron chi connectivity index (χ2n) is 5.42. The Bertz CT molecular complexity index is 820. The van der Waals surface area contributed by atoms with Gasteiger partial charge in [0.25, 0.3) is 5.91 Å². The van der Waals surface area contributed by atoms with E-state index in [9.17, 15) is 13.2 Å². The van der Waals surface area contributed by atoms with Crippen LogP contribution in [0.4, 0.5) is 5.69 Å². The molecule has 0 saturated heterocycles. The predicted octanol–water partition coefficient (Wildman–Crippen LogP) is 3.67. The second-order valence-corrected chi connectivity index (χ2v) is 7.57. The lowest BCUT2D eigenvalue weighted by atomic mass is 10.2. The molecule has 2 aromatic rings. The maximum atomic E-state index is 12.2. The van der Waals surface area contributed by atoms with E-state index < -0.39 is 10.0 Å². The summed E-state index contributed by atoms with van der Waals surface area (Å²) in [6.07, 6.45) is 0.694. The van der Waals surface area contributed by atoms with Crippen LogP contribution in [-0.4, -0.2) is 20.4 Å². The molecule has 1 atom stereocenters. The number of nitrogens with one attached hydrogen (secondary N) is 2. The highest BCUT2D eigenvalue weighted by molar-refractivity contribution is 7.89. The highest BCUT2D eigenvalue weighted by atomic mass is 35.5. The quantitative estimate of drug-likeness (QED) is 0.819. The first-order valence-corrected chi connectivity index (χ1v) is 9.37. The van der Waals surface area contributed by atoms with E-state index in [0.29, 0.717) is 22.7 Å². The first-order chi connectivity index (χ1) is 11.3. The van der Waals surface area contributed by atoms with Gasteiger partial charge in [-0.3, -0.25) is 4.79 Å². The Morgan fingerprint density at radius 1 is 1.17 bits per heavy atom. The topological polar surface area (TPSA) is 75.3 Å². The van der Waals surface area contributed by atoms with Crippen LogP contribution >= 0.6 is 11.6 Å². The summed E-state index contributed by atoms with van der Waals surface area (Å²) in [5.41, 5.74) is 0.931. The Hall–Kier alpha value is -1.89. The molecular formula is C17H19ClN2O3S. The van der Waals surface area contributed by atoms with Crippen LogP contribution in [0, 0.1) is 0 Å². The largest absolute Gasteiger partial charge is 0.322 e. The van der Waals surface area contributed by atoms with Crippen LogP contribution in [0.25, 0.3) is 0 Å². The van der Waals surface area contributed by atoms with Crippen LogP contribution in [0.1, 0.15) is 30.6 Å². The monoisotopic (exact) mass is 366 g/mol. The molecular weight excluding hydrogens is 348 g/mol. The number of benzene rings is 2. The van der Waals surface area contributed by atoms with Crippen molar-refractivity contribution in [1.82, 2.24) is 4.72 Å². The van der Waals surface area contributed by atoms with Crippen molar-refractivity contribution in [3.8, 4) is 0 Å². The number of halogens is 1. The Balaban J connectivity index is 2.12. The van der Waals surface area contributed by atoms with Crippen LogP contribution < -0.4 is 10.0 Å². The number of hydrogen-bond donors (Lipinski definition) is 2. The molecule has 0 bridgehead atoms. The van der Waals surface area contributed by atoms with Crippen LogP contribution in [0.3, 0.4) is 0 Å². The minimum atomic E-state index is -3.58. The van der Waals surface area contributed by atoms with Gasteiger partial charge in [-0.25, -0.2) is 13.1 Å². The van der Waals surface area contributed by atoms with Crippen molar-refractivity contribution in [1.29, 1.82) is 0 Å². The van der Waals surface area contributed by atoms with E-state index in [1.165, 1.54) is 24.3 Å². The third kappa shape index (κ3) is 4.80. The molecule has 7 heteroatoms. The normalized spacial score (nSPS) is 12.6. The SMILES string of the molecule is CC[C@@H](C)NS(=O)(=O)c1ccc(C(=O)Nc2cccc(Cl)c2)cc1. The molecule has 2 aromatic carbocycles. The number of rotatable bonds is 6. The molecule has 0 saturated carbocycles. The van der Waals surface area contributed by atoms with Gasteiger partial charge in [0, 0.05) is 22.3 Å². The van der Waals surface area contributed by atoms with Gasteiger partial charge in [-0.1, -0.05) is 24.6 Å². The van der Waals surface area contributed by atoms with E-state index in [1.54, 1.807) is 31.2 Å². The summed E-state index contributed by atoms with van der Waals surface area (Å²) >= 11 is 5.87. The molecule has 0 heterocycles. The van der Waals surface area contributed by atoms with Gasteiger partial charge < -0.3 is 5.32 Å². The molecule has 0 aliphatic heterocycles. The lowest BCUT2D eigenvalue weighted by Gasteiger charge is -2.12. The average Bonchev–Trinajstić information content (AvgIpc) is 2.54. The van der Waals surface area contributed by atoms with Crippen molar-refractivity contribution in [3.63, 3.8) is 0 Å². The van der Waals surface area contributed by atoms with Crippen molar-refractivity contribution < 1.29 is 13.2 Å². The van der Waals surface area contributed by atoms with Crippen LogP contribution in [-0.2, 0) is 10.0 Å². The van der Waals surface area contributed by atoms with E-state index in [-0.39, 0.29) is 16.8 Å². The first kappa shape index (κ1) is 18.4. The summed E-state index contributed by atoms with van der Waals surface area (Å²) in [4.78, 5) is 12.3. The molecule has 128 valence electrons. The zero-order valence-corrected chi connectivity index (χ0v) is 15.0. The summed E-state index contributed by atoms with van der Waals surface area (Å²) in [6, 6.07) is 12.4. The van der Waals surface area contributed by atoms with Gasteiger partial charge in [0.1, 0.15) is 0 Å². The van der Waals surface area contributed by atoms with E-state index in [4.69, 9.17) is 11.6 Å². The molecule has 0 radical (unpaired) electrons. The smallest absolute Gasteiger partial charge is 0.255 e. The lowest BCUT2D eigenvalue weighted by molar-refractivity contribution is 0.102. The fourth-order valence-electron chi connectivity index (χ4n) is 1.97. The maximum Gasteiger partial charge on any atom is 0.255 e. The third-order valence-electron chi connectivity index (χ3n) is 3.48. The van der Waals surface area contributed by atoms with Gasteiger partial charge >= 0.3 is 0 Å². The first-order valence-electron chi connectivity index (χ1n) is 7.51. The van der Waals surface area contributed by atoms with Gasteiger partial charge in [0.05, 0.1) is 4.90 Å². The van der Waals surface area contributed by atoms with Gasteiger partial charge in [-0.15, -0.1) is 0 Å². The van der Waals surface area contributed by atoms with E-state index >= 15 is 0 Å². The van der Waals surface area contributed by atoms with E-state index in [0.717, 1.165) is 0 Å². The Kier molecular flexibility index (Phi) is 5.99. The van der Waals surface area contributed by atoms with E-state index in [1.807, 2.05) is 6.92 Å². The van der Waals surface area contributed by atoms with Crippen LogP contribution in [0.15, 0.2) is 53.4 Å². The molecule has 0 spiro atoms. The molecule has 24 heavy (non-hydrogen) atoms. The third-order valence-corrected chi connectivity index (χ3v) is 5.32. The average molecular weight is 367 g/mol. The predicted molar refractivity (Wildman–Crippen MR) is 95.9 cm³/mol. The van der Waals surface area contributed by atoms with Crippen molar-refractivity contribution in [2.75, 3.05) is 5.32 Å². The zero-order chi connectivity index (χ0) is 17.7. The van der Waals surface area contributed by atoms with Crippen molar-refractivity contribution in [2.45, 2.75) is 31.2 Å². The summed E-state index contributed by atoms with van der Waals surface area (Å²) in [7, 11) is -3.58. The lowest BCUT2D eigenvalue weighted by Crippen LogP contribution is -2.32. The number of anilines is 1. The molecule has 0 aromatic heterocycles. The van der Waals surface area contributed by atoms with Gasteiger partial charge in [0.2, 0.25) is 10.0 Å². The number of carbonyl (C=O) groups excluding carboxylic acids is 1. The number of carbonyl (C=O) groups is 1. The summed E-state index contributed by atoms with van der Waals surface area (Å²) in [5, 5.41) is 3.23. The van der Waals surface area contributed by atoms with Crippen molar-refractivity contribution in [2.24, 2.45) is 0 Å².